The molecule has 0 aromatic heterocycles. The van der Waals surface area contributed by atoms with Gasteiger partial charge in [0.25, 0.3) is 0 Å². The standard InChI is InChI=1S/C18H27NO4/c1-4-22-12-6-11-19-16(13-17(20)23-5-2)18(21)15-9-7-14(3)8-10-15/h7-10,16,19H,4-6,11-13H2,1-3H3. The molecule has 23 heavy (non-hydrogen) atoms. The monoisotopic (exact) mass is 321 g/mol. The van der Waals surface area contributed by atoms with Gasteiger partial charge in [-0.05, 0) is 33.7 Å². The van der Waals surface area contributed by atoms with Gasteiger partial charge in [0.05, 0.1) is 19.1 Å². The molecule has 5 nitrogen and oxygen atoms in total. The molecule has 1 aromatic rings. The zero-order chi connectivity index (χ0) is 17.1. The molecule has 0 aliphatic heterocycles. The van der Waals surface area contributed by atoms with Gasteiger partial charge in [-0.3, -0.25) is 9.59 Å². The van der Waals surface area contributed by atoms with Gasteiger partial charge in [0, 0.05) is 18.8 Å². The third-order valence-electron chi connectivity index (χ3n) is 3.39. The second kappa shape index (κ2) is 10.9. The SMILES string of the molecule is CCOCCCNC(CC(=O)OCC)C(=O)c1ccc(C)cc1. The van der Waals surface area contributed by atoms with Crippen LogP contribution >= 0.6 is 0 Å². The summed E-state index contributed by atoms with van der Waals surface area (Å²) in [6.07, 6.45) is 0.823. The lowest BCUT2D eigenvalue weighted by atomic mass is 10.0. The summed E-state index contributed by atoms with van der Waals surface area (Å²) in [4.78, 5) is 24.4. The largest absolute Gasteiger partial charge is 0.466 e. The smallest absolute Gasteiger partial charge is 0.307 e. The van der Waals surface area contributed by atoms with Crippen molar-refractivity contribution in [2.24, 2.45) is 0 Å². The lowest BCUT2D eigenvalue weighted by molar-refractivity contribution is -0.143. The number of carbonyl (C=O) groups excluding carboxylic acids is 2. The van der Waals surface area contributed by atoms with Gasteiger partial charge in [0.15, 0.2) is 5.78 Å². The van der Waals surface area contributed by atoms with Crippen LogP contribution in [0.25, 0.3) is 0 Å². The highest BCUT2D eigenvalue weighted by Crippen LogP contribution is 2.09. The summed E-state index contributed by atoms with van der Waals surface area (Å²) in [5.74, 6) is -0.454. The summed E-state index contributed by atoms with van der Waals surface area (Å²) in [6, 6.07) is 6.79. The van der Waals surface area contributed by atoms with Crippen molar-refractivity contribution in [2.75, 3.05) is 26.4 Å². The molecule has 0 amide bonds. The number of ketones is 1. The van der Waals surface area contributed by atoms with Crippen molar-refractivity contribution in [3.63, 3.8) is 0 Å². The molecule has 0 heterocycles. The van der Waals surface area contributed by atoms with E-state index >= 15 is 0 Å². The van der Waals surface area contributed by atoms with Crippen LogP contribution in [0.1, 0.15) is 42.6 Å². The molecule has 1 atom stereocenters. The molecule has 1 aromatic carbocycles. The van der Waals surface area contributed by atoms with Crippen LogP contribution in [0.4, 0.5) is 0 Å². The first kappa shape index (κ1) is 19.3. The predicted molar refractivity (Wildman–Crippen MR) is 89.7 cm³/mol. The number of nitrogens with one attached hydrogen (secondary N) is 1. The van der Waals surface area contributed by atoms with E-state index in [4.69, 9.17) is 9.47 Å². The number of benzene rings is 1. The molecule has 0 aliphatic carbocycles. The van der Waals surface area contributed by atoms with Crippen LogP contribution in [0, 0.1) is 6.92 Å². The van der Waals surface area contributed by atoms with Crippen LogP contribution in [0.15, 0.2) is 24.3 Å². The van der Waals surface area contributed by atoms with Gasteiger partial charge in [0.1, 0.15) is 0 Å². The Labute approximate surface area is 138 Å². The maximum Gasteiger partial charge on any atom is 0.307 e. The number of aryl methyl sites for hydroxylation is 1. The van der Waals surface area contributed by atoms with Gasteiger partial charge >= 0.3 is 5.97 Å². The van der Waals surface area contributed by atoms with Gasteiger partial charge in [-0.2, -0.15) is 0 Å². The Morgan fingerprint density at radius 3 is 2.43 bits per heavy atom. The Morgan fingerprint density at radius 2 is 1.83 bits per heavy atom. The van der Waals surface area contributed by atoms with E-state index < -0.39 is 6.04 Å². The molecular formula is C18H27NO4. The predicted octanol–water partition coefficient (Wildman–Crippen LogP) is 2.52. The number of carbonyl (C=O) groups is 2. The molecule has 0 saturated heterocycles. The van der Waals surface area contributed by atoms with Gasteiger partial charge in [-0.15, -0.1) is 0 Å². The van der Waals surface area contributed by atoms with E-state index in [1.165, 1.54) is 0 Å². The average Bonchev–Trinajstić information content (AvgIpc) is 2.54. The lowest BCUT2D eigenvalue weighted by Crippen LogP contribution is -2.40. The van der Waals surface area contributed by atoms with Crippen LogP contribution in [-0.4, -0.2) is 44.2 Å². The number of ether oxygens (including phenoxy) is 2. The third-order valence-corrected chi connectivity index (χ3v) is 3.39. The molecule has 0 spiro atoms. The average molecular weight is 321 g/mol. The fourth-order valence-corrected chi connectivity index (χ4v) is 2.16. The Balaban J connectivity index is 2.66. The highest BCUT2D eigenvalue weighted by molar-refractivity contribution is 6.01. The Morgan fingerprint density at radius 1 is 1.13 bits per heavy atom. The first-order valence-electron chi connectivity index (χ1n) is 8.16. The molecule has 1 unspecified atom stereocenters. The second-order valence-electron chi connectivity index (χ2n) is 5.30. The molecule has 5 heteroatoms. The van der Waals surface area contributed by atoms with Gasteiger partial charge in [0.2, 0.25) is 0 Å². The molecule has 1 rings (SSSR count). The van der Waals surface area contributed by atoms with Crippen molar-refractivity contribution in [3.8, 4) is 0 Å². The summed E-state index contributed by atoms with van der Waals surface area (Å²) in [5.41, 5.74) is 1.69. The van der Waals surface area contributed by atoms with Crippen molar-refractivity contribution in [2.45, 2.75) is 39.7 Å². The Hall–Kier alpha value is -1.72. The highest BCUT2D eigenvalue weighted by atomic mass is 16.5. The Kier molecular flexibility index (Phi) is 9.17. The fraction of sp³-hybridized carbons (Fsp3) is 0.556. The quantitative estimate of drug-likeness (QED) is 0.385. The molecule has 0 saturated carbocycles. The maximum atomic E-state index is 12.6. The normalized spacial score (nSPS) is 12.0. The van der Waals surface area contributed by atoms with Crippen molar-refractivity contribution in [1.29, 1.82) is 0 Å². The first-order chi connectivity index (χ1) is 11.1. The number of rotatable bonds is 11. The lowest BCUT2D eigenvalue weighted by Gasteiger charge is -2.17. The van der Waals surface area contributed by atoms with Crippen LogP contribution in [0.5, 0.6) is 0 Å². The molecule has 1 N–H and O–H groups in total. The summed E-state index contributed by atoms with van der Waals surface area (Å²) >= 11 is 0. The summed E-state index contributed by atoms with van der Waals surface area (Å²) in [7, 11) is 0. The van der Waals surface area contributed by atoms with Gasteiger partial charge in [-0.25, -0.2) is 0 Å². The van der Waals surface area contributed by atoms with Crippen LogP contribution in [-0.2, 0) is 14.3 Å². The van der Waals surface area contributed by atoms with Crippen LogP contribution < -0.4 is 5.32 Å². The molecular weight excluding hydrogens is 294 g/mol. The summed E-state index contributed by atoms with van der Waals surface area (Å²) < 4.78 is 10.2. The number of hydrogen-bond acceptors (Lipinski definition) is 5. The zero-order valence-electron chi connectivity index (χ0n) is 14.3. The first-order valence-corrected chi connectivity index (χ1v) is 8.16. The Bertz CT molecular complexity index is 484. The van der Waals surface area contributed by atoms with E-state index in [9.17, 15) is 9.59 Å². The zero-order valence-corrected chi connectivity index (χ0v) is 14.3. The van der Waals surface area contributed by atoms with Crippen LogP contribution in [0.2, 0.25) is 0 Å². The fourth-order valence-electron chi connectivity index (χ4n) is 2.16. The van der Waals surface area contributed by atoms with Crippen molar-refractivity contribution in [3.05, 3.63) is 35.4 Å². The van der Waals surface area contributed by atoms with E-state index in [2.05, 4.69) is 5.32 Å². The van der Waals surface area contributed by atoms with Gasteiger partial charge in [-0.1, -0.05) is 29.8 Å². The minimum Gasteiger partial charge on any atom is -0.466 e. The topological polar surface area (TPSA) is 64.6 Å². The molecule has 0 radical (unpaired) electrons. The van der Waals surface area contributed by atoms with E-state index in [-0.39, 0.29) is 18.2 Å². The molecule has 0 bridgehead atoms. The summed E-state index contributed by atoms with van der Waals surface area (Å²) in [5, 5.41) is 3.15. The van der Waals surface area contributed by atoms with E-state index in [1.807, 2.05) is 26.0 Å². The van der Waals surface area contributed by atoms with E-state index in [1.54, 1.807) is 19.1 Å². The molecule has 128 valence electrons. The van der Waals surface area contributed by atoms with Crippen molar-refractivity contribution in [1.82, 2.24) is 5.32 Å². The highest BCUT2D eigenvalue weighted by Gasteiger charge is 2.23. The minimum absolute atomic E-state index is 0.0369. The molecule has 0 fully saturated rings. The third kappa shape index (κ3) is 7.39. The number of hydrogen-bond donors (Lipinski definition) is 1. The maximum absolute atomic E-state index is 12.6. The number of Topliss-reactive ketones (excluding diaryl/α,β-unsaturated/α-hetero) is 1. The minimum atomic E-state index is -0.571. The van der Waals surface area contributed by atoms with Gasteiger partial charge < -0.3 is 14.8 Å². The molecule has 0 aliphatic rings. The van der Waals surface area contributed by atoms with E-state index in [0.29, 0.717) is 31.9 Å². The summed E-state index contributed by atoms with van der Waals surface area (Å²) in [6.45, 7) is 7.90. The number of esters is 1. The van der Waals surface area contributed by atoms with Crippen LogP contribution in [0.3, 0.4) is 0 Å². The van der Waals surface area contributed by atoms with E-state index in [0.717, 1.165) is 12.0 Å². The second-order valence-corrected chi connectivity index (χ2v) is 5.30. The van der Waals surface area contributed by atoms with Crippen molar-refractivity contribution >= 4 is 11.8 Å². The van der Waals surface area contributed by atoms with Crippen molar-refractivity contribution < 1.29 is 19.1 Å².